The SMILES string of the molecule is [2H]C([2H])([2H])c1cc2c(s1)Nc1ccccc1N=C2N1C([2H])([2H])C([2H])([2H])N(C)C([2H])([2H])C1([2H])[2H].[2H]C([2H])([2H])c1cc2c(s1)Nc1ccccc1N=C2N1CCN(C)CC1. The lowest BCUT2D eigenvalue weighted by molar-refractivity contribution is 0.216. The number of nitrogens with one attached hydrogen (secondary N) is 2. The molecule has 0 spiro atoms. The molecule has 44 heavy (non-hydrogen) atoms. The summed E-state index contributed by atoms with van der Waals surface area (Å²) in [5, 5.41) is 7.55. The molecule has 2 N–H and O–H groups in total. The molecule has 0 unspecified atom stereocenters. The predicted octanol–water partition coefficient (Wildman–Crippen LogP) is 6.88. The molecule has 4 aliphatic rings. The van der Waals surface area contributed by atoms with Crippen molar-refractivity contribution >= 4 is 67.1 Å². The molecule has 10 heteroatoms. The van der Waals surface area contributed by atoms with Crippen LogP contribution in [0.5, 0.6) is 0 Å². The Hall–Kier alpha value is -3.70. The maximum atomic E-state index is 8.57. The highest BCUT2D eigenvalue weighted by atomic mass is 32.1. The van der Waals surface area contributed by atoms with Crippen LogP contribution in [0.3, 0.4) is 0 Å². The summed E-state index contributed by atoms with van der Waals surface area (Å²) in [5.41, 5.74) is 3.44. The van der Waals surface area contributed by atoms with E-state index in [9.17, 15) is 0 Å². The van der Waals surface area contributed by atoms with Gasteiger partial charge >= 0.3 is 0 Å². The van der Waals surface area contributed by atoms with Gasteiger partial charge < -0.3 is 30.2 Å². The summed E-state index contributed by atoms with van der Waals surface area (Å²) in [5.74, 6) is 0.456. The highest BCUT2D eigenvalue weighted by Crippen LogP contribution is 2.40. The van der Waals surface area contributed by atoms with Crippen LogP contribution in [0.25, 0.3) is 0 Å². The van der Waals surface area contributed by atoms with Crippen molar-refractivity contribution in [1.29, 1.82) is 0 Å². The monoisotopic (exact) mass is 638 g/mol. The number of aliphatic imine (C=N–C) groups is 2. The number of piperazine rings is 2. The molecule has 0 radical (unpaired) electrons. The molecular weight excluding hydrogens is 585 g/mol. The number of aryl methyl sites for hydroxylation is 2. The summed E-state index contributed by atoms with van der Waals surface area (Å²) in [4.78, 5) is 15.0. The number of likely N-dealkylation sites (N-methyl/N-ethyl adjacent to an activating group) is 2. The number of hydrogen-bond donors (Lipinski definition) is 2. The van der Waals surface area contributed by atoms with Crippen molar-refractivity contribution < 1.29 is 19.2 Å². The van der Waals surface area contributed by atoms with Crippen LogP contribution in [-0.2, 0) is 0 Å². The first kappa shape index (κ1) is 17.1. The number of rotatable bonds is 0. The number of benzene rings is 2. The van der Waals surface area contributed by atoms with Gasteiger partial charge in [0.2, 0.25) is 0 Å². The second-order valence-corrected chi connectivity index (χ2v) is 12.6. The Bertz CT molecular complexity index is 2240. The highest BCUT2D eigenvalue weighted by Gasteiger charge is 2.27. The lowest BCUT2D eigenvalue weighted by Crippen LogP contribution is -2.47. The Morgan fingerprint density at radius 3 is 1.68 bits per heavy atom. The van der Waals surface area contributed by atoms with E-state index >= 15 is 0 Å². The largest absolute Gasteiger partial charge is 0.353 e. The van der Waals surface area contributed by atoms with E-state index in [-0.39, 0.29) is 21.1 Å². The van der Waals surface area contributed by atoms with E-state index in [4.69, 9.17) is 24.2 Å². The van der Waals surface area contributed by atoms with Crippen LogP contribution in [0.1, 0.15) is 40.1 Å². The molecule has 0 bridgehead atoms. The minimum atomic E-state index is -3.10. The van der Waals surface area contributed by atoms with E-state index in [0.29, 0.717) is 20.4 Å². The highest BCUT2D eigenvalue weighted by molar-refractivity contribution is 7.17. The van der Waals surface area contributed by atoms with Gasteiger partial charge in [0.15, 0.2) is 0 Å². The third-order valence-corrected chi connectivity index (χ3v) is 9.10. The minimum Gasteiger partial charge on any atom is -0.353 e. The molecule has 2 aromatic heterocycles. The molecule has 0 amide bonds. The zero-order valence-corrected chi connectivity index (χ0v) is 25.7. The number of para-hydroxylation sites is 4. The first-order valence-corrected chi connectivity index (χ1v) is 15.7. The number of nitrogens with zero attached hydrogens (tertiary/aromatic N) is 6. The fourth-order valence-corrected chi connectivity index (χ4v) is 6.72. The molecule has 8 nitrogen and oxygen atoms in total. The van der Waals surface area contributed by atoms with Crippen molar-refractivity contribution in [3.63, 3.8) is 0 Å². The van der Waals surface area contributed by atoms with Gasteiger partial charge in [0, 0.05) is 75.6 Å². The van der Waals surface area contributed by atoms with Crippen LogP contribution in [0.15, 0.2) is 70.6 Å². The molecule has 0 atom stereocenters. The summed E-state index contributed by atoms with van der Waals surface area (Å²) in [6, 6.07) is 17.5. The number of amidine groups is 2. The molecule has 4 aliphatic heterocycles. The van der Waals surface area contributed by atoms with Crippen molar-refractivity contribution in [2.75, 3.05) is 76.9 Å². The predicted molar refractivity (Wildman–Crippen MR) is 188 cm³/mol. The summed E-state index contributed by atoms with van der Waals surface area (Å²) in [7, 11) is 3.09. The van der Waals surface area contributed by atoms with Gasteiger partial charge in [-0.2, -0.15) is 0 Å². The molecule has 8 rings (SSSR count). The van der Waals surface area contributed by atoms with Crippen molar-refractivity contribution in [2.24, 2.45) is 9.98 Å². The van der Waals surface area contributed by atoms with Crippen molar-refractivity contribution in [3.05, 3.63) is 81.5 Å². The Morgan fingerprint density at radius 2 is 1.16 bits per heavy atom. The van der Waals surface area contributed by atoms with Crippen LogP contribution < -0.4 is 10.6 Å². The summed E-state index contributed by atoms with van der Waals surface area (Å²) >= 11 is 2.16. The average molecular weight is 639 g/mol. The van der Waals surface area contributed by atoms with Gasteiger partial charge in [0.1, 0.15) is 21.7 Å². The summed E-state index contributed by atoms with van der Waals surface area (Å²) < 4.78 is 114. The Kier molecular flexibility index (Phi) is 4.81. The topological polar surface area (TPSA) is 61.7 Å². The zero-order valence-electron chi connectivity index (χ0n) is 38.1. The van der Waals surface area contributed by atoms with Crippen molar-refractivity contribution in [3.8, 4) is 0 Å². The molecule has 4 aromatic rings. The fraction of sp³-hybridized carbons (Fsp3) is 0.353. The Labute approximate surface area is 288 Å². The van der Waals surface area contributed by atoms with Gasteiger partial charge in [-0.15, -0.1) is 22.7 Å². The zero-order chi connectivity index (χ0) is 42.4. The van der Waals surface area contributed by atoms with E-state index in [1.807, 2.05) is 24.3 Å². The molecule has 2 fully saturated rings. The summed E-state index contributed by atoms with van der Waals surface area (Å²) in [6.45, 7) is -13.1. The fourth-order valence-electron chi connectivity index (χ4n) is 5.09. The van der Waals surface area contributed by atoms with Gasteiger partial charge in [-0.05, 0) is 64.2 Å². The quantitative estimate of drug-likeness (QED) is 0.219. The normalized spacial score (nSPS) is 28.0. The smallest absolute Gasteiger partial charge is 0.139 e. The van der Waals surface area contributed by atoms with Crippen LogP contribution in [0.2, 0.25) is 0 Å². The maximum absolute atomic E-state index is 8.57. The van der Waals surface area contributed by atoms with Crippen LogP contribution >= 0.6 is 22.7 Å². The van der Waals surface area contributed by atoms with E-state index in [1.165, 1.54) is 17.4 Å². The van der Waals surface area contributed by atoms with E-state index in [1.54, 1.807) is 30.3 Å². The number of anilines is 4. The molecule has 0 aliphatic carbocycles. The maximum Gasteiger partial charge on any atom is 0.139 e. The number of thiophene rings is 2. The van der Waals surface area contributed by atoms with E-state index in [0.717, 1.165) is 72.3 Å². The van der Waals surface area contributed by atoms with Crippen LogP contribution in [-0.4, -0.2) is 97.5 Å². The van der Waals surface area contributed by atoms with E-state index < -0.39 is 45.5 Å². The van der Waals surface area contributed by atoms with Crippen LogP contribution in [0, 0.1) is 13.7 Å². The molecule has 6 heterocycles. The lowest BCUT2D eigenvalue weighted by Gasteiger charge is -2.34. The third kappa shape index (κ3) is 5.99. The van der Waals surface area contributed by atoms with E-state index in [2.05, 4.69) is 32.5 Å². The first-order chi connectivity index (χ1) is 26.9. The van der Waals surface area contributed by atoms with Gasteiger partial charge in [0.05, 0.1) is 39.4 Å². The second-order valence-electron chi connectivity index (χ2n) is 10.5. The molecule has 228 valence electrons. The molecule has 0 saturated carbocycles. The van der Waals surface area contributed by atoms with Crippen LogP contribution in [0.4, 0.5) is 32.8 Å². The average Bonchev–Trinajstić information content (AvgIpc) is 3.69. The number of fused-ring (bicyclic) bond motifs is 4. The van der Waals surface area contributed by atoms with Gasteiger partial charge in [-0.25, -0.2) is 9.98 Å². The van der Waals surface area contributed by atoms with Crippen molar-refractivity contribution in [2.45, 2.75) is 13.7 Å². The Morgan fingerprint density at radius 1 is 0.659 bits per heavy atom. The third-order valence-electron chi connectivity index (χ3n) is 7.38. The second kappa shape index (κ2) is 12.4. The minimum absolute atomic E-state index is 0.0335. The standard InChI is InChI=1S/2C17H20N4S/c2*1-12-11-13-16(21-9-7-20(2)8-10-21)18-14-5-3-4-6-15(14)19-17(13)22-12/h2*3-6,11,19H,7-10H2,1-2H3/i1D3,7D2,8D2,9D2,10D2;1D3. The molecular formula is C34H40N8S2. The van der Waals surface area contributed by atoms with Gasteiger partial charge in [0.25, 0.3) is 0 Å². The summed E-state index contributed by atoms with van der Waals surface area (Å²) in [6.07, 6.45) is 0. The number of hydrogen-bond acceptors (Lipinski definition) is 10. The first-order valence-electron chi connectivity index (χ1n) is 21.0. The van der Waals surface area contributed by atoms with Gasteiger partial charge in [-0.1, -0.05) is 24.3 Å². The lowest BCUT2D eigenvalue weighted by atomic mass is 10.2. The van der Waals surface area contributed by atoms with Gasteiger partial charge in [-0.3, -0.25) is 0 Å². The van der Waals surface area contributed by atoms with Crippen molar-refractivity contribution in [1.82, 2.24) is 19.6 Å². The molecule has 2 saturated heterocycles. The molecule has 2 aromatic carbocycles. The Balaban J connectivity index is 0.000000183.